The summed E-state index contributed by atoms with van der Waals surface area (Å²) < 4.78 is 0. The van der Waals surface area contributed by atoms with Gasteiger partial charge in [-0.15, -0.1) is 0 Å². The Labute approximate surface area is 146 Å². The molecule has 1 saturated heterocycles. The van der Waals surface area contributed by atoms with Crippen molar-refractivity contribution in [1.29, 1.82) is 0 Å². The second kappa shape index (κ2) is 5.58. The van der Waals surface area contributed by atoms with E-state index in [1.165, 1.54) is 12.1 Å². The van der Waals surface area contributed by atoms with E-state index in [0.29, 0.717) is 16.3 Å². The maximum atomic E-state index is 12.9. The summed E-state index contributed by atoms with van der Waals surface area (Å²) in [5.74, 6) is -1.75. The zero-order chi connectivity index (χ0) is 16.8. The van der Waals surface area contributed by atoms with Crippen LogP contribution in [0.15, 0.2) is 47.9 Å². The van der Waals surface area contributed by atoms with Gasteiger partial charge in [-0.3, -0.25) is 14.6 Å². The molecule has 4 rings (SSSR count). The Morgan fingerprint density at radius 3 is 2.67 bits per heavy atom. The van der Waals surface area contributed by atoms with Crippen LogP contribution in [0.3, 0.4) is 0 Å². The van der Waals surface area contributed by atoms with Crippen LogP contribution in [0.5, 0.6) is 0 Å². The van der Waals surface area contributed by atoms with Gasteiger partial charge in [-0.1, -0.05) is 28.4 Å². The van der Waals surface area contributed by atoms with Crippen LogP contribution in [0.2, 0.25) is 10.0 Å². The van der Waals surface area contributed by atoms with E-state index in [4.69, 9.17) is 28.0 Å². The molecule has 3 heterocycles. The second-order valence-corrected chi connectivity index (χ2v) is 6.17. The number of rotatable bonds is 2. The van der Waals surface area contributed by atoms with E-state index in [1.807, 2.05) is 0 Å². The fraction of sp³-hybridized carbons (Fsp3) is 0.125. The zero-order valence-electron chi connectivity index (χ0n) is 12.0. The minimum absolute atomic E-state index is 0.212. The van der Waals surface area contributed by atoms with Crippen molar-refractivity contribution in [2.45, 2.75) is 6.10 Å². The van der Waals surface area contributed by atoms with Crippen LogP contribution in [0.4, 0.5) is 5.69 Å². The van der Waals surface area contributed by atoms with Crippen LogP contribution < -0.4 is 4.90 Å². The highest BCUT2D eigenvalue weighted by molar-refractivity contribution is 6.39. The summed E-state index contributed by atoms with van der Waals surface area (Å²) in [6, 6.07) is 8.05. The van der Waals surface area contributed by atoms with Crippen molar-refractivity contribution in [2.24, 2.45) is 11.1 Å². The highest BCUT2D eigenvalue weighted by Crippen LogP contribution is 2.38. The number of benzene rings is 1. The molecule has 2 atom stereocenters. The smallest absolute Gasteiger partial charge is 0.279 e. The Bertz CT molecular complexity index is 885. The van der Waals surface area contributed by atoms with E-state index < -0.39 is 23.8 Å². The third kappa shape index (κ3) is 2.18. The molecule has 0 unspecified atom stereocenters. The monoisotopic (exact) mass is 361 g/mol. The highest BCUT2D eigenvalue weighted by Gasteiger charge is 2.56. The highest BCUT2D eigenvalue weighted by atomic mass is 35.5. The number of oxime groups is 1. The molecule has 24 heavy (non-hydrogen) atoms. The van der Waals surface area contributed by atoms with Crippen molar-refractivity contribution < 1.29 is 14.4 Å². The first kappa shape index (κ1) is 15.1. The predicted octanol–water partition coefficient (Wildman–Crippen LogP) is 2.68. The van der Waals surface area contributed by atoms with E-state index in [2.05, 4.69) is 10.1 Å². The Balaban J connectivity index is 1.74. The lowest BCUT2D eigenvalue weighted by Gasteiger charge is -2.17. The van der Waals surface area contributed by atoms with Crippen molar-refractivity contribution in [1.82, 2.24) is 4.98 Å². The van der Waals surface area contributed by atoms with Gasteiger partial charge in [-0.25, -0.2) is 4.90 Å². The molecule has 0 spiro atoms. The maximum Gasteiger partial charge on any atom is 0.279 e. The first-order valence-electron chi connectivity index (χ1n) is 7.05. The average Bonchev–Trinajstić information content (AvgIpc) is 3.11. The SMILES string of the molecule is O=C1[C@@H]2C(c3cccnc3)=NO[C@H]2C(=O)N1c1ccc(Cl)cc1Cl. The van der Waals surface area contributed by atoms with Gasteiger partial charge < -0.3 is 4.84 Å². The standard InChI is InChI=1S/C16H9Cl2N3O3/c17-9-3-4-11(10(18)6-9)21-15(22)12-13(8-2-1-5-19-7-8)20-24-14(12)16(21)23/h1-7,12,14H/t12-,14-/m1/s1. The maximum absolute atomic E-state index is 12.9. The van der Waals surface area contributed by atoms with E-state index in [1.54, 1.807) is 30.6 Å². The summed E-state index contributed by atoms with van der Waals surface area (Å²) in [4.78, 5) is 35.7. The van der Waals surface area contributed by atoms with Crippen molar-refractivity contribution in [2.75, 3.05) is 4.90 Å². The summed E-state index contributed by atoms with van der Waals surface area (Å²) in [6.07, 6.45) is 2.19. The first-order chi connectivity index (χ1) is 11.6. The topological polar surface area (TPSA) is 71.9 Å². The number of fused-ring (bicyclic) bond motifs is 1. The van der Waals surface area contributed by atoms with Gasteiger partial charge in [-0.05, 0) is 30.3 Å². The zero-order valence-corrected chi connectivity index (χ0v) is 13.5. The normalized spacial score (nSPS) is 22.4. The molecule has 0 N–H and O–H groups in total. The molecule has 0 bridgehead atoms. The quantitative estimate of drug-likeness (QED) is 0.770. The summed E-state index contributed by atoms with van der Waals surface area (Å²) in [6.45, 7) is 0. The molecule has 0 saturated carbocycles. The van der Waals surface area contributed by atoms with Gasteiger partial charge in [0.15, 0.2) is 0 Å². The molecule has 2 amide bonds. The van der Waals surface area contributed by atoms with Gasteiger partial charge in [-0.2, -0.15) is 0 Å². The fourth-order valence-corrected chi connectivity index (χ4v) is 3.32. The molecular formula is C16H9Cl2N3O3. The van der Waals surface area contributed by atoms with E-state index in [-0.39, 0.29) is 10.7 Å². The molecular weight excluding hydrogens is 353 g/mol. The lowest BCUT2D eigenvalue weighted by atomic mass is 9.95. The number of hydrogen-bond acceptors (Lipinski definition) is 5. The Morgan fingerprint density at radius 2 is 1.96 bits per heavy atom. The van der Waals surface area contributed by atoms with E-state index >= 15 is 0 Å². The van der Waals surface area contributed by atoms with Crippen molar-refractivity contribution in [3.8, 4) is 0 Å². The van der Waals surface area contributed by atoms with Crippen molar-refractivity contribution >= 4 is 46.4 Å². The van der Waals surface area contributed by atoms with Gasteiger partial charge >= 0.3 is 0 Å². The molecule has 8 heteroatoms. The number of halogens is 2. The average molecular weight is 362 g/mol. The summed E-state index contributed by atoms with van der Waals surface area (Å²) in [7, 11) is 0. The van der Waals surface area contributed by atoms with Crippen LogP contribution in [0.1, 0.15) is 5.56 Å². The molecule has 0 aliphatic carbocycles. The van der Waals surface area contributed by atoms with E-state index in [9.17, 15) is 9.59 Å². The lowest BCUT2D eigenvalue weighted by Crippen LogP contribution is -2.33. The van der Waals surface area contributed by atoms with Crippen LogP contribution in [-0.2, 0) is 14.4 Å². The molecule has 1 fully saturated rings. The number of carbonyl (C=O) groups is 2. The third-order valence-corrected chi connectivity index (χ3v) is 4.46. The number of pyridine rings is 1. The van der Waals surface area contributed by atoms with Gasteiger partial charge in [0.1, 0.15) is 11.6 Å². The number of carbonyl (C=O) groups excluding carboxylic acids is 2. The van der Waals surface area contributed by atoms with Crippen LogP contribution >= 0.6 is 23.2 Å². The molecule has 2 aliphatic heterocycles. The molecule has 2 aromatic rings. The Hall–Kier alpha value is -2.44. The second-order valence-electron chi connectivity index (χ2n) is 5.33. The number of hydrogen-bond donors (Lipinski definition) is 0. The largest absolute Gasteiger partial charge is 0.381 e. The first-order valence-corrected chi connectivity index (χ1v) is 7.80. The number of anilines is 1. The van der Waals surface area contributed by atoms with Crippen LogP contribution in [-0.4, -0.2) is 28.6 Å². The predicted molar refractivity (Wildman–Crippen MR) is 88.1 cm³/mol. The fourth-order valence-electron chi connectivity index (χ4n) is 2.83. The van der Waals surface area contributed by atoms with Crippen LogP contribution in [0, 0.1) is 5.92 Å². The molecule has 0 radical (unpaired) electrons. The Morgan fingerprint density at radius 1 is 1.12 bits per heavy atom. The van der Waals surface area contributed by atoms with Gasteiger partial charge in [0.2, 0.25) is 12.0 Å². The summed E-state index contributed by atoms with van der Waals surface area (Å²) in [5.41, 5.74) is 1.30. The van der Waals surface area contributed by atoms with Gasteiger partial charge in [0.25, 0.3) is 5.91 Å². The number of aromatic nitrogens is 1. The minimum Gasteiger partial charge on any atom is -0.381 e. The molecule has 1 aromatic heterocycles. The van der Waals surface area contributed by atoms with Crippen LogP contribution in [0.25, 0.3) is 0 Å². The van der Waals surface area contributed by atoms with Gasteiger partial charge in [0.05, 0.1) is 10.7 Å². The Kier molecular flexibility index (Phi) is 3.51. The molecule has 6 nitrogen and oxygen atoms in total. The van der Waals surface area contributed by atoms with Crippen molar-refractivity contribution in [3.63, 3.8) is 0 Å². The molecule has 2 aliphatic rings. The minimum atomic E-state index is -0.987. The molecule has 120 valence electrons. The summed E-state index contributed by atoms with van der Waals surface area (Å²) in [5, 5.41) is 4.54. The van der Waals surface area contributed by atoms with Crippen molar-refractivity contribution in [3.05, 3.63) is 58.3 Å². The number of amides is 2. The molecule has 1 aromatic carbocycles. The van der Waals surface area contributed by atoms with E-state index in [0.717, 1.165) is 4.90 Å². The lowest BCUT2D eigenvalue weighted by molar-refractivity contribution is -0.126. The van der Waals surface area contributed by atoms with Gasteiger partial charge in [0, 0.05) is 23.0 Å². The third-order valence-electron chi connectivity index (χ3n) is 3.92. The summed E-state index contributed by atoms with van der Waals surface area (Å²) >= 11 is 12.0. The number of nitrogens with zero attached hydrogens (tertiary/aromatic N) is 3. The number of imide groups is 1.